The highest BCUT2D eigenvalue weighted by Gasteiger charge is 2.28. The van der Waals surface area contributed by atoms with Crippen LogP contribution in [0.4, 0.5) is 10.1 Å². The third-order valence-electron chi connectivity index (χ3n) is 5.09. The molecule has 0 radical (unpaired) electrons. The van der Waals surface area contributed by atoms with Crippen molar-refractivity contribution in [2.75, 3.05) is 37.7 Å². The van der Waals surface area contributed by atoms with E-state index in [1.54, 1.807) is 24.0 Å². The summed E-state index contributed by atoms with van der Waals surface area (Å²) in [6.07, 6.45) is 1.44. The summed E-state index contributed by atoms with van der Waals surface area (Å²) in [5.74, 6) is -1.09. The molecule has 1 aromatic carbocycles. The van der Waals surface area contributed by atoms with E-state index >= 15 is 0 Å². The predicted molar refractivity (Wildman–Crippen MR) is 113 cm³/mol. The lowest BCUT2D eigenvalue weighted by Crippen LogP contribution is -2.49. The van der Waals surface area contributed by atoms with Crippen LogP contribution in [0.15, 0.2) is 57.9 Å². The highest BCUT2D eigenvalue weighted by molar-refractivity contribution is 5.94. The quantitative estimate of drug-likeness (QED) is 0.561. The Hall–Kier alpha value is -3.95. The monoisotopic (exact) mass is 440 g/mol. The number of anilines is 1. The summed E-state index contributed by atoms with van der Waals surface area (Å²) in [6.45, 7) is 3.35. The minimum atomic E-state index is -0.674. The molecular formula is C22H21FN4O5. The van der Waals surface area contributed by atoms with Crippen LogP contribution >= 0.6 is 0 Å². The number of benzene rings is 1. The molecule has 0 unspecified atom stereocenters. The lowest BCUT2D eigenvalue weighted by atomic mass is 10.2. The number of piperazine rings is 1. The molecule has 1 aliphatic heterocycles. The molecule has 1 fully saturated rings. The minimum absolute atomic E-state index is 0.0263. The van der Waals surface area contributed by atoms with Crippen LogP contribution in [0.5, 0.6) is 0 Å². The summed E-state index contributed by atoms with van der Waals surface area (Å²) in [7, 11) is 0. The average molecular weight is 440 g/mol. The molecule has 0 aliphatic carbocycles. The third kappa shape index (κ3) is 4.25. The number of amides is 1. The summed E-state index contributed by atoms with van der Waals surface area (Å²) >= 11 is 0. The number of aromatic nitrogens is 2. The van der Waals surface area contributed by atoms with E-state index in [1.165, 1.54) is 36.6 Å². The molecule has 0 N–H and O–H groups in total. The van der Waals surface area contributed by atoms with Gasteiger partial charge in [-0.3, -0.25) is 9.59 Å². The predicted octanol–water partition coefficient (Wildman–Crippen LogP) is 2.10. The maximum absolute atomic E-state index is 13.3. The highest BCUT2D eigenvalue weighted by Crippen LogP contribution is 2.21. The summed E-state index contributed by atoms with van der Waals surface area (Å²) in [5, 5.41) is 4.23. The lowest BCUT2D eigenvalue weighted by Gasteiger charge is -2.36. The molecule has 1 saturated heterocycles. The molecule has 3 aromatic rings. The van der Waals surface area contributed by atoms with E-state index in [4.69, 9.17) is 9.15 Å². The Kier molecular flexibility index (Phi) is 6.02. The van der Waals surface area contributed by atoms with Gasteiger partial charge in [-0.05, 0) is 43.3 Å². The lowest BCUT2D eigenvalue weighted by molar-refractivity contribution is 0.0516. The van der Waals surface area contributed by atoms with E-state index < -0.39 is 17.3 Å². The van der Waals surface area contributed by atoms with Gasteiger partial charge >= 0.3 is 5.97 Å². The first kappa shape index (κ1) is 21.3. The molecule has 166 valence electrons. The number of carbonyl (C=O) groups excluding carboxylic acids is 2. The average Bonchev–Trinajstić information content (AvgIpc) is 3.34. The van der Waals surface area contributed by atoms with Crippen LogP contribution in [-0.2, 0) is 4.74 Å². The Balaban J connectivity index is 1.62. The first-order valence-electron chi connectivity index (χ1n) is 10.1. The molecule has 3 heterocycles. The van der Waals surface area contributed by atoms with Crippen LogP contribution in [0.25, 0.3) is 5.69 Å². The van der Waals surface area contributed by atoms with E-state index in [0.29, 0.717) is 37.6 Å². The van der Waals surface area contributed by atoms with Gasteiger partial charge in [0.15, 0.2) is 11.5 Å². The van der Waals surface area contributed by atoms with Gasteiger partial charge in [-0.25, -0.2) is 9.18 Å². The number of esters is 1. The molecule has 10 heteroatoms. The van der Waals surface area contributed by atoms with E-state index in [1.807, 2.05) is 4.90 Å². The van der Waals surface area contributed by atoms with Crippen LogP contribution < -0.4 is 10.5 Å². The van der Waals surface area contributed by atoms with Gasteiger partial charge in [-0.1, -0.05) is 0 Å². The Bertz CT molecular complexity index is 1170. The van der Waals surface area contributed by atoms with E-state index in [9.17, 15) is 18.8 Å². The number of furan rings is 1. The summed E-state index contributed by atoms with van der Waals surface area (Å²) in [4.78, 5) is 41.4. The van der Waals surface area contributed by atoms with Crippen molar-refractivity contribution >= 4 is 17.6 Å². The van der Waals surface area contributed by atoms with Crippen LogP contribution in [0.3, 0.4) is 0 Å². The third-order valence-corrected chi connectivity index (χ3v) is 5.09. The summed E-state index contributed by atoms with van der Waals surface area (Å²) < 4.78 is 24.6. The number of hydrogen-bond acceptors (Lipinski definition) is 7. The molecule has 0 atom stereocenters. The first-order valence-corrected chi connectivity index (χ1v) is 10.1. The van der Waals surface area contributed by atoms with Crippen molar-refractivity contribution in [2.24, 2.45) is 0 Å². The SMILES string of the molecule is CCOC(=O)c1nn(-c2ccc(F)cc2)c(=O)cc1N1CCN(C(=O)c2ccco2)CC1. The van der Waals surface area contributed by atoms with Crippen LogP contribution in [0, 0.1) is 5.82 Å². The van der Waals surface area contributed by atoms with E-state index in [2.05, 4.69) is 5.10 Å². The fourth-order valence-corrected chi connectivity index (χ4v) is 3.51. The fourth-order valence-electron chi connectivity index (χ4n) is 3.51. The number of nitrogens with zero attached hydrogens (tertiary/aromatic N) is 4. The van der Waals surface area contributed by atoms with Crippen molar-refractivity contribution in [3.8, 4) is 5.69 Å². The molecule has 32 heavy (non-hydrogen) atoms. The highest BCUT2D eigenvalue weighted by atomic mass is 19.1. The van der Waals surface area contributed by atoms with E-state index in [-0.39, 0.29) is 24.0 Å². The Morgan fingerprint density at radius 2 is 1.84 bits per heavy atom. The van der Waals surface area contributed by atoms with Crippen molar-refractivity contribution in [2.45, 2.75) is 6.92 Å². The molecule has 0 bridgehead atoms. The van der Waals surface area contributed by atoms with Gasteiger partial charge in [0.05, 0.1) is 24.2 Å². The van der Waals surface area contributed by atoms with Gasteiger partial charge in [-0.15, -0.1) is 0 Å². The van der Waals surface area contributed by atoms with Gasteiger partial charge in [0.1, 0.15) is 5.82 Å². The zero-order chi connectivity index (χ0) is 22.7. The van der Waals surface area contributed by atoms with Gasteiger partial charge in [-0.2, -0.15) is 9.78 Å². The first-order chi connectivity index (χ1) is 15.5. The van der Waals surface area contributed by atoms with Crippen molar-refractivity contribution < 1.29 is 23.1 Å². The fraction of sp³-hybridized carbons (Fsp3) is 0.273. The number of halogens is 1. The van der Waals surface area contributed by atoms with Gasteiger partial charge in [0.2, 0.25) is 0 Å². The second-order valence-corrected chi connectivity index (χ2v) is 7.08. The van der Waals surface area contributed by atoms with Crippen molar-refractivity contribution in [1.29, 1.82) is 0 Å². The van der Waals surface area contributed by atoms with E-state index in [0.717, 1.165) is 4.68 Å². The van der Waals surface area contributed by atoms with Crippen molar-refractivity contribution in [1.82, 2.24) is 14.7 Å². The second kappa shape index (κ2) is 9.04. The Labute approximate surface area is 182 Å². The molecule has 9 nitrogen and oxygen atoms in total. The molecular weight excluding hydrogens is 419 g/mol. The maximum atomic E-state index is 13.3. The molecule has 4 rings (SSSR count). The van der Waals surface area contributed by atoms with Gasteiger partial charge < -0.3 is 19.0 Å². The van der Waals surface area contributed by atoms with Crippen LogP contribution in [0.2, 0.25) is 0 Å². The number of ether oxygens (including phenoxy) is 1. The van der Waals surface area contributed by atoms with Gasteiger partial charge in [0, 0.05) is 32.2 Å². The number of rotatable bonds is 5. The topological polar surface area (TPSA) is 97.9 Å². The molecule has 1 amide bonds. The normalized spacial score (nSPS) is 13.8. The van der Waals surface area contributed by atoms with Crippen LogP contribution in [-0.4, -0.2) is 59.3 Å². The van der Waals surface area contributed by atoms with Crippen molar-refractivity contribution in [3.05, 3.63) is 76.4 Å². The smallest absolute Gasteiger partial charge is 0.360 e. The zero-order valence-corrected chi connectivity index (χ0v) is 17.4. The summed E-state index contributed by atoms with van der Waals surface area (Å²) in [5.41, 5.74) is 0.148. The number of hydrogen-bond donors (Lipinski definition) is 0. The standard InChI is InChI=1S/C22H21FN4O5/c1-2-31-22(30)20-17(14-19(28)27(24-20)16-7-5-15(23)6-8-16)25-9-11-26(12-10-25)21(29)18-4-3-13-32-18/h3-8,13-14H,2,9-12H2,1H3. The van der Waals surface area contributed by atoms with Crippen LogP contribution in [0.1, 0.15) is 28.0 Å². The molecule has 2 aromatic heterocycles. The Morgan fingerprint density at radius 1 is 1.12 bits per heavy atom. The van der Waals surface area contributed by atoms with Gasteiger partial charge in [0.25, 0.3) is 11.5 Å². The van der Waals surface area contributed by atoms with Crippen molar-refractivity contribution in [3.63, 3.8) is 0 Å². The number of carbonyl (C=O) groups is 2. The minimum Gasteiger partial charge on any atom is -0.461 e. The largest absolute Gasteiger partial charge is 0.461 e. The second-order valence-electron chi connectivity index (χ2n) is 7.08. The zero-order valence-electron chi connectivity index (χ0n) is 17.4. The molecule has 1 aliphatic rings. The summed E-state index contributed by atoms with van der Waals surface area (Å²) in [6, 6.07) is 9.78. The maximum Gasteiger partial charge on any atom is 0.360 e. The molecule has 0 saturated carbocycles. The molecule has 0 spiro atoms. The Morgan fingerprint density at radius 3 is 2.47 bits per heavy atom.